The molecule has 1 aromatic carbocycles. The number of hydrogen-bond acceptors (Lipinski definition) is 3. The molecule has 5 heteroatoms. The Bertz CT molecular complexity index is 760. The van der Waals surface area contributed by atoms with E-state index in [-0.39, 0.29) is 6.04 Å². The van der Waals surface area contributed by atoms with Crippen molar-refractivity contribution in [2.24, 2.45) is 0 Å². The summed E-state index contributed by atoms with van der Waals surface area (Å²) in [5.41, 5.74) is 7.85. The molecule has 2 N–H and O–H groups in total. The number of para-hydroxylation sites is 1. The third kappa shape index (κ3) is 2.30. The predicted octanol–water partition coefficient (Wildman–Crippen LogP) is 4.45. The zero-order chi connectivity index (χ0) is 14.3. The van der Waals surface area contributed by atoms with Gasteiger partial charge in [0.25, 0.3) is 0 Å². The highest BCUT2D eigenvalue weighted by Crippen LogP contribution is 2.30. The monoisotopic (exact) mass is 305 g/mol. The van der Waals surface area contributed by atoms with Crippen LogP contribution < -0.4 is 5.73 Å². The van der Waals surface area contributed by atoms with Crippen molar-refractivity contribution >= 4 is 39.9 Å². The number of aryl methyl sites for hydroxylation is 1. The van der Waals surface area contributed by atoms with Crippen LogP contribution in [0.2, 0.25) is 5.02 Å². The molecule has 104 valence electrons. The Morgan fingerprint density at radius 3 is 2.85 bits per heavy atom. The Labute approximate surface area is 127 Å². The summed E-state index contributed by atoms with van der Waals surface area (Å²) in [5, 5.41) is 0.645. The maximum absolute atomic E-state index is 6.18. The highest BCUT2D eigenvalue weighted by Gasteiger charge is 2.16. The number of thiophene rings is 1. The molecule has 0 spiro atoms. The van der Waals surface area contributed by atoms with E-state index in [1.807, 2.05) is 29.5 Å². The fraction of sp³-hybridized carbons (Fsp3) is 0.267. The number of nitrogens with two attached hydrogens (primary N) is 1. The van der Waals surface area contributed by atoms with Crippen molar-refractivity contribution in [2.45, 2.75) is 26.3 Å². The Balaban J connectivity index is 2.01. The lowest BCUT2D eigenvalue weighted by Gasteiger charge is -2.15. The van der Waals surface area contributed by atoms with Crippen LogP contribution in [0.4, 0.5) is 5.95 Å². The lowest BCUT2D eigenvalue weighted by atomic mass is 10.2. The highest BCUT2D eigenvalue weighted by atomic mass is 35.5. The summed E-state index contributed by atoms with van der Waals surface area (Å²) in [6.45, 7) is 4.28. The number of halogens is 1. The van der Waals surface area contributed by atoms with Crippen LogP contribution in [0.3, 0.4) is 0 Å². The molecule has 0 radical (unpaired) electrons. The van der Waals surface area contributed by atoms with Crippen molar-refractivity contribution in [3.05, 3.63) is 45.1 Å². The van der Waals surface area contributed by atoms with Crippen LogP contribution in [0.25, 0.3) is 11.0 Å². The first-order chi connectivity index (χ1) is 9.56. The van der Waals surface area contributed by atoms with Crippen molar-refractivity contribution in [3.8, 4) is 0 Å². The largest absolute Gasteiger partial charge is 0.369 e. The van der Waals surface area contributed by atoms with Crippen molar-refractivity contribution in [1.29, 1.82) is 0 Å². The lowest BCUT2D eigenvalue weighted by Crippen LogP contribution is -2.10. The molecule has 3 rings (SSSR count). The molecule has 0 amide bonds. The van der Waals surface area contributed by atoms with E-state index in [4.69, 9.17) is 17.3 Å². The second-order valence-corrected chi connectivity index (χ2v) is 6.79. The number of benzene rings is 1. The number of anilines is 1. The van der Waals surface area contributed by atoms with E-state index >= 15 is 0 Å². The molecule has 2 aromatic heterocycles. The van der Waals surface area contributed by atoms with Gasteiger partial charge in [0.2, 0.25) is 5.95 Å². The molecule has 0 saturated carbocycles. The number of nitrogens with zero attached hydrogens (tertiary/aromatic N) is 2. The summed E-state index contributed by atoms with van der Waals surface area (Å²) in [7, 11) is 0. The van der Waals surface area contributed by atoms with Gasteiger partial charge in [-0.1, -0.05) is 17.7 Å². The molecule has 0 saturated heterocycles. The van der Waals surface area contributed by atoms with E-state index in [0.29, 0.717) is 11.0 Å². The molecule has 2 heterocycles. The van der Waals surface area contributed by atoms with Crippen LogP contribution in [0.5, 0.6) is 0 Å². The lowest BCUT2D eigenvalue weighted by molar-refractivity contribution is 0.571. The quantitative estimate of drug-likeness (QED) is 0.777. The summed E-state index contributed by atoms with van der Waals surface area (Å²) in [4.78, 5) is 7.08. The van der Waals surface area contributed by atoms with Crippen molar-refractivity contribution in [1.82, 2.24) is 9.55 Å². The van der Waals surface area contributed by atoms with Crippen molar-refractivity contribution in [2.75, 3.05) is 5.73 Å². The first kappa shape index (κ1) is 13.5. The second-order valence-electron chi connectivity index (χ2n) is 5.01. The average Bonchev–Trinajstić information content (AvgIpc) is 2.93. The molecule has 20 heavy (non-hydrogen) atoms. The Kier molecular flexibility index (Phi) is 3.44. The van der Waals surface area contributed by atoms with Crippen LogP contribution in [0.1, 0.15) is 22.7 Å². The minimum Gasteiger partial charge on any atom is -0.369 e. The van der Waals surface area contributed by atoms with Gasteiger partial charge in [-0.25, -0.2) is 4.98 Å². The van der Waals surface area contributed by atoms with E-state index in [1.54, 1.807) is 0 Å². The average molecular weight is 306 g/mol. The maximum atomic E-state index is 6.18. The maximum Gasteiger partial charge on any atom is 0.201 e. The van der Waals surface area contributed by atoms with E-state index in [1.165, 1.54) is 9.75 Å². The molecule has 0 aliphatic heterocycles. The van der Waals surface area contributed by atoms with Crippen molar-refractivity contribution < 1.29 is 0 Å². The van der Waals surface area contributed by atoms with E-state index < -0.39 is 0 Å². The molecule has 0 fully saturated rings. The second kappa shape index (κ2) is 5.11. The van der Waals surface area contributed by atoms with Crippen LogP contribution in [-0.2, 0) is 6.42 Å². The van der Waals surface area contributed by atoms with Gasteiger partial charge in [-0.2, -0.15) is 0 Å². The van der Waals surface area contributed by atoms with E-state index in [9.17, 15) is 0 Å². The third-order valence-electron chi connectivity index (χ3n) is 3.43. The van der Waals surface area contributed by atoms with E-state index in [2.05, 4.69) is 35.5 Å². The number of imidazole rings is 1. The zero-order valence-corrected chi connectivity index (χ0v) is 13.0. The molecule has 0 aliphatic rings. The third-order valence-corrected chi connectivity index (χ3v) is 4.76. The van der Waals surface area contributed by atoms with Gasteiger partial charge in [0.05, 0.1) is 10.5 Å². The zero-order valence-electron chi connectivity index (χ0n) is 11.4. The summed E-state index contributed by atoms with van der Waals surface area (Å²) < 4.78 is 2.07. The molecular weight excluding hydrogens is 290 g/mol. The standard InChI is InChI=1S/C15H16ClN3S/c1-9(8-11-7-6-10(2)20-11)19-13-5-3-4-12(16)14(13)18-15(19)17/h3-7,9H,8H2,1-2H3,(H2,17,18). The van der Waals surface area contributed by atoms with Crippen LogP contribution >= 0.6 is 22.9 Å². The number of fused-ring (bicyclic) bond motifs is 1. The first-order valence-corrected chi connectivity index (χ1v) is 7.73. The minimum absolute atomic E-state index is 0.247. The summed E-state index contributed by atoms with van der Waals surface area (Å²) >= 11 is 8.01. The highest BCUT2D eigenvalue weighted by molar-refractivity contribution is 7.11. The Morgan fingerprint density at radius 2 is 2.15 bits per heavy atom. The molecule has 0 bridgehead atoms. The van der Waals surface area contributed by atoms with Crippen molar-refractivity contribution in [3.63, 3.8) is 0 Å². The number of nitrogen functional groups attached to an aromatic ring is 1. The fourth-order valence-corrected chi connectivity index (χ4v) is 3.76. The van der Waals surface area contributed by atoms with Gasteiger partial charge in [0, 0.05) is 22.2 Å². The molecule has 1 atom stereocenters. The van der Waals surface area contributed by atoms with Gasteiger partial charge in [-0.3, -0.25) is 0 Å². The van der Waals surface area contributed by atoms with Gasteiger partial charge in [0.15, 0.2) is 0 Å². The summed E-state index contributed by atoms with van der Waals surface area (Å²) in [6, 6.07) is 10.4. The first-order valence-electron chi connectivity index (χ1n) is 6.53. The van der Waals surface area contributed by atoms with Gasteiger partial charge in [0.1, 0.15) is 5.52 Å². The fourth-order valence-electron chi connectivity index (χ4n) is 2.54. The van der Waals surface area contributed by atoms with Crippen LogP contribution in [-0.4, -0.2) is 9.55 Å². The topological polar surface area (TPSA) is 43.8 Å². The van der Waals surface area contributed by atoms with E-state index in [0.717, 1.165) is 17.5 Å². The predicted molar refractivity (Wildman–Crippen MR) is 86.6 cm³/mol. The number of hydrogen-bond donors (Lipinski definition) is 1. The SMILES string of the molecule is Cc1ccc(CC(C)n2c(N)nc3c(Cl)cccc32)s1. The van der Waals surface area contributed by atoms with Crippen LogP contribution in [0.15, 0.2) is 30.3 Å². The molecule has 3 nitrogen and oxygen atoms in total. The Morgan fingerprint density at radius 1 is 1.35 bits per heavy atom. The molecule has 3 aromatic rings. The number of rotatable bonds is 3. The van der Waals surface area contributed by atoms with Gasteiger partial charge in [-0.15, -0.1) is 11.3 Å². The van der Waals surface area contributed by atoms with Gasteiger partial charge >= 0.3 is 0 Å². The molecule has 1 unspecified atom stereocenters. The number of aromatic nitrogens is 2. The Hall–Kier alpha value is -1.52. The normalized spacial score (nSPS) is 12.9. The smallest absolute Gasteiger partial charge is 0.201 e. The molecule has 0 aliphatic carbocycles. The summed E-state index contributed by atoms with van der Waals surface area (Å²) in [5.74, 6) is 0.522. The summed E-state index contributed by atoms with van der Waals surface area (Å²) in [6.07, 6.45) is 0.945. The van der Waals surface area contributed by atoms with Gasteiger partial charge < -0.3 is 10.3 Å². The van der Waals surface area contributed by atoms with Crippen LogP contribution in [0, 0.1) is 6.92 Å². The minimum atomic E-state index is 0.247. The molecular formula is C15H16ClN3S. The van der Waals surface area contributed by atoms with Gasteiger partial charge in [-0.05, 0) is 38.1 Å².